The number of ketones is 1. The predicted octanol–water partition coefficient (Wildman–Crippen LogP) is 3.85. The summed E-state index contributed by atoms with van der Waals surface area (Å²) >= 11 is 0. The Morgan fingerprint density at radius 3 is 2.75 bits per heavy atom. The Balaban J connectivity index is 1.78. The SMILES string of the molecule is C[C@H]1C[C@@]23OC(=O)C4=C2O[C@@H](CCCCCC/C=C\[C@@]13C)CC4=O. The first-order chi connectivity index (χ1) is 11.5. The van der Waals surface area contributed by atoms with Gasteiger partial charge >= 0.3 is 5.97 Å². The van der Waals surface area contributed by atoms with Crippen molar-refractivity contribution in [2.75, 3.05) is 0 Å². The molecule has 0 saturated heterocycles. The summed E-state index contributed by atoms with van der Waals surface area (Å²) in [6.45, 7) is 4.32. The van der Waals surface area contributed by atoms with Crippen molar-refractivity contribution in [2.24, 2.45) is 11.3 Å². The monoisotopic (exact) mass is 330 g/mol. The van der Waals surface area contributed by atoms with Gasteiger partial charge in [-0.05, 0) is 38.0 Å². The van der Waals surface area contributed by atoms with E-state index in [0.717, 1.165) is 25.7 Å². The van der Waals surface area contributed by atoms with Gasteiger partial charge in [-0.25, -0.2) is 4.79 Å². The molecule has 0 aromatic heterocycles. The number of fused-ring (bicyclic) bond motifs is 1. The summed E-state index contributed by atoms with van der Waals surface area (Å²) in [4.78, 5) is 25.0. The second-order valence-electron chi connectivity index (χ2n) is 8.07. The van der Waals surface area contributed by atoms with Gasteiger partial charge in [0.25, 0.3) is 0 Å². The molecule has 1 fully saturated rings. The maximum atomic E-state index is 12.6. The van der Waals surface area contributed by atoms with Crippen molar-refractivity contribution in [1.29, 1.82) is 0 Å². The van der Waals surface area contributed by atoms with E-state index in [2.05, 4.69) is 26.0 Å². The van der Waals surface area contributed by atoms with Crippen molar-refractivity contribution in [2.45, 2.75) is 76.9 Å². The molecule has 1 spiro atoms. The molecular weight excluding hydrogens is 304 g/mol. The van der Waals surface area contributed by atoms with Crippen molar-refractivity contribution in [3.05, 3.63) is 23.5 Å². The lowest BCUT2D eigenvalue weighted by Crippen LogP contribution is -2.62. The van der Waals surface area contributed by atoms with Crippen molar-refractivity contribution in [3.8, 4) is 0 Å². The minimum absolute atomic E-state index is 0.0936. The molecule has 3 heterocycles. The third-order valence-corrected chi connectivity index (χ3v) is 6.64. The molecule has 4 heteroatoms. The summed E-state index contributed by atoms with van der Waals surface area (Å²) in [6, 6.07) is 0. The molecule has 0 aromatic rings. The van der Waals surface area contributed by atoms with Crippen molar-refractivity contribution < 1.29 is 19.1 Å². The van der Waals surface area contributed by atoms with Crippen LogP contribution in [0.25, 0.3) is 0 Å². The highest BCUT2D eigenvalue weighted by molar-refractivity contribution is 6.20. The minimum atomic E-state index is -0.766. The summed E-state index contributed by atoms with van der Waals surface area (Å²) in [7, 11) is 0. The summed E-state index contributed by atoms with van der Waals surface area (Å²) in [5.41, 5.74) is -0.874. The molecule has 2 bridgehead atoms. The van der Waals surface area contributed by atoms with Gasteiger partial charge in [-0.1, -0.05) is 38.8 Å². The van der Waals surface area contributed by atoms with Gasteiger partial charge in [-0.15, -0.1) is 0 Å². The largest absolute Gasteiger partial charge is 0.489 e. The van der Waals surface area contributed by atoms with E-state index in [4.69, 9.17) is 9.47 Å². The van der Waals surface area contributed by atoms with Crippen LogP contribution < -0.4 is 0 Å². The van der Waals surface area contributed by atoms with Crippen molar-refractivity contribution >= 4 is 11.8 Å². The zero-order chi connectivity index (χ0) is 16.9. The molecule has 4 rings (SSSR count). The van der Waals surface area contributed by atoms with Crippen molar-refractivity contribution in [3.63, 3.8) is 0 Å². The van der Waals surface area contributed by atoms with Crippen LogP contribution >= 0.6 is 0 Å². The number of carbonyl (C=O) groups is 2. The summed E-state index contributed by atoms with van der Waals surface area (Å²) in [5, 5.41) is 0. The van der Waals surface area contributed by atoms with E-state index in [-0.39, 0.29) is 22.9 Å². The van der Waals surface area contributed by atoms with Crippen molar-refractivity contribution in [1.82, 2.24) is 0 Å². The minimum Gasteiger partial charge on any atom is -0.489 e. The van der Waals surface area contributed by atoms with E-state index in [1.807, 2.05) is 0 Å². The first-order valence-electron chi connectivity index (χ1n) is 9.33. The van der Waals surface area contributed by atoms with E-state index in [1.54, 1.807) is 0 Å². The van der Waals surface area contributed by atoms with Crippen LogP contribution in [0.2, 0.25) is 0 Å². The van der Waals surface area contributed by atoms with Crippen LogP contribution in [-0.2, 0) is 19.1 Å². The first kappa shape index (κ1) is 15.9. The van der Waals surface area contributed by atoms with Crippen LogP contribution in [-0.4, -0.2) is 23.5 Å². The fraction of sp³-hybridized carbons (Fsp3) is 0.700. The molecule has 3 aliphatic heterocycles. The lowest BCUT2D eigenvalue weighted by molar-refractivity contribution is -0.198. The molecule has 24 heavy (non-hydrogen) atoms. The molecule has 1 aliphatic carbocycles. The van der Waals surface area contributed by atoms with Gasteiger partial charge in [0.15, 0.2) is 17.1 Å². The van der Waals surface area contributed by atoms with E-state index in [9.17, 15) is 9.59 Å². The molecule has 1 saturated carbocycles. The molecule has 0 N–H and O–H groups in total. The predicted molar refractivity (Wildman–Crippen MR) is 89.1 cm³/mol. The Labute approximate surface area is 143 Å². The van der Waals surface area contributed by atoms with Crippen LogP contribution in [0.4, 0.5) is 0 Å². The quantitative estimate of drug-likeness (QED) is 0.384. The van der Waals surface area contributed by atoms with Gasteiger partial charge in [-0.2, -0.15) is 0 Å². The van der Waals surface area contributed by atoms with Gasteiger partial charge in [0, 0.05) is 11.8 Å². The van der Waals surface area contributed by atoms with E-state index < -0.39 is 11.6 Å². The molecular formula is C20H26O4. The fourth-order valence-electron chi connectivity index (χ4n) is 4.86. The molecule has 4 atom stereocenters. The van der Waals surface area contributed by atoms with E-state index >= 15 is 0 Å². The zero-order valence-electron chi connectivity index (χ0n) is 14.6. The highest BCUT2D eigenvalue weighted by Gasteiger charge is 2.70. The number of rotatable bonds is 0. The van der Waals surface area contributed by atoms with Crippen LogP contribution in [0.5, 0.6) is 0 Å². The molecule has 4 aliphatic rings. The third kappa shape index (κ3) is 2.04. The Morgan fingerprint density at radius 1 is 1.17 bits per heavy atom. The van der Waals surface area contributed by atoms with Crippen LogP contribution in [0.3, 0.4) is 0 Å². The molecule has 0 unspecified atom stereocenters. The second-order valence-corrected chi connectivity index (χ2v) is 8.07. The number of hydrogen-bond acceptors (Lipinski definition) is 4. The number of allylic oxidation sites excluding steroid dienone is 1. The number of hydrogen-bond donors (Lipinski definition) is 0. The first-order valence-corrected chi connectivity index (χ1v) is 9.33. The second kappa shape index (κ2) is 5.47. The standard InChI is InChI=1S/C20H26O4/c1-13-12-20-17-16(18(22)24-20)15(21)11-14(23-17)9-7-5-3-4-6-8-10-19(13,20)2/h8,10,13-14H,3-7,9,11-12H2,1-2H3/b10-8-/t13-,14-,19-,20+/m0/s1. The molecule has 0 radical (unpaired) electrons. The highest BCUT2D eigenvalue weighted by Crippen LogP contribution is 2.64. The maximum Gasteiger partial charge on any atom is 0.346 e. The Kier molecular flexibility index (Phi) is 3.63. The van der Waals surface area contributed by atoms with Crippen LogP contribution in [0.15, 0.2) is 23.5 Å². The molecule has 0 aromatic carbocycles. The summed E-state index contributed by atoms with van der Waals surface area (Å²) < 4.78 is 12.1. The topological polar surface area (TPSA) is 52.6 Å². The number of Topliss-reactive ketones (excluding diaryl/α,β-unsaturated/α-hetero) is 1. The number of carbonyl (C=O) groups excluding carboxylic acids is 2. The highest BCUT2D eigenvalue weighted by atomic mass is 16.6. The smallest absolute Gasteiger partial charge is 0.346 e. The normalized spacial score (nSPS) is 43.4. The number of esters is 1. The van der Waals surface area contributed by atoms with Gasteiger partial charge < -0.3 is 9.47 Å². The fourth-order valence-corrected chi connectivity index (χ4v) is 4.86. The van der Waals surface area contributed by atoms with E-state index in [1.165, 1.54) is 19.3 Å². The van der Waals surface area contributed by atoms with Gasteiger partial charge in [0.1, 0.15) is 11.7 Å². The van der Waals surface area contributed by atoms with Crippen LogP contribution in [0, 0.1) is 11.3 Å². The van der Waals surface area contributed by atoms with Gasteiger partial charge in [-0.3, -0.25) is 4.79 Å². The molecule has 0 amide bonds. The van der Waals surface area contributed by atoms with Gasteiger partial charge in [0.05, 0.1) is 0 Å². The molecule has 130 valence electrons. The van der Waals surface area contributed by atoms with Gasteiger partial charge in [0.2, 0.25) is 0 Å². The Hall–Kier alpha value is -1.58. The lowest BCUT2D eigenvalue weighted by Gasteiger charge is -2.58. The number of ether oxygens (including phenoxy) is 2. The summed E-state index contributed by atoms with van der Waals surface area (Å²) in [6.07, 6.45) is 12.0. The average Bonchev–Trinajstić information content (AvgIpc) is 2.84. The third-order valence-electron chi connectivity index (χ3n) is 6.64. The van der Waals surface area contributed by atoms with E-state index in [0.29, 0.717) is 18.1 Å². The maximum absolute atomic E-state index is 12.6. The summed E-state index contributed by atoms with van der Waals surface area (Å²) in [5.74, 6) is 0.354. The Bertz CT molecular complexity index is 646. The van der Waals surface area contributed by atoms with Crippen LogP contribution in [0.1, 0.15) is 65.2 Å². The lowest BCUT2D eigenvalue weighted by atomic mass is 9.50. The molecule has 4 nitrogen and oxygen atoms in total. The Morgan fingerprint density at radius 2 is 1.96 bits per heavy atom. The zero-order valence-corrected chi connectivity index (χ0v) is 14.6. The average molecular weight is 330 g/mol.